The van der Waals surface area contributed by atoms with Crippen molar-refractivity contribution in [1.29, 1.82) is 0 Å². The van der Waals surface area contributed by atoms with Gasteiger partial charge in [0, 0.05) is 16.2 Å². The van der Waals surface area contributed by atoms with Crippen molar-refractivity contribution in [1.82, 2.24) is 4.72 Å². The van der Waals surface area contributed by atoms with Crippen LogP contribution in [0, 0.1) is 0 Å². The molecule has 0 spiro atoms. The summed E-state index contributed by atoms with van der Waals surface area (Å²) in [4.78, 5) is 12.8. The van der Waals surface area contributed by atoms with E-state index in [-0.39, 0.29) is 22.6 Å². The third-order valence-electron chi connectivity index (χ3n) is 4.16. The molecule has 0 bridgehead atoms. The molecular formula is C20H23BrN2O4S. The van der Waals surface area contributed by atoms with E-state index >= 15 is 0 Å². The summed E-state index contributed by atoms with van der Waals surface area (Å²) >= 11 is 3.33. The monoisotopic (exact) mass is 466 g/mol. The normalized spacial score (nSPS) is 14.3. The van der Waals surface area contributed by atoms with Crippen molar-refractivity contribution in [2.24, 2.45) is 0 Å². The highest BCUT2D eigenvalue weighted by Gasteiger charge is 2.28. The van der Waals surface area contributed by atoms with Gasteiger partial charge in [-0.3, -0.25) is 4.79 Å². The van der Waals surface area contributed by atoms with Crippen LogP contribution in [0.15, 0.2) is 51.8 Å². The first kappa shape index (κ1) is 21.0. The zero-order valence-corrected chi connectivity index (χ0v) is 18.1. The summed E-state index contributed by atoms with van der Waals surface area (Å²) in [5.41, 5.74) is 1.81. The standard InChI is InChI=1S/C20H23BrN2O4S/c1-13(2)27-12-14-4-3-5-16(10-14)22-20(24)18-11-17(8-9-19(18)21)28(25,26)23-15-6-7-15/h3-5,8-11,13,15,23H,6-7,12H2,1-2H3,(H,22,24). The number of hydrogen-bond acceptors (Lipinski definition) is 4. The molecule has 2 aromatic rings. The summed E-state index contributed by atoms with van der Waals surface area (Å²) < 4.78 is 33.6. The predicted molar refractivity (Wildman–Crippen MR) is 112 cm³/mol. The molecule has 0 aromatic heterocycles. The average molecular weight is 467 g/mol. The Balaban J connectivity index is 1.77. The Morgan fingerprint density at radius 1 is 1.21 bits per heavy atom. The van der Waals surface area contributed by atoms with Crippen LogP contribution in [-0.2, 0) is 21.4 Å². The lowest BCUT2D eigenvalue weighted by molar-refractivity contribution is 0.0657. The molecule has 150 valence electrons. The van der Waals surface area contributed by atoms with Gasteiger partial charge in [0.15, 0.2) is 0 Å². The summed E-state index contributed by atoms with van der Waals surface area (Å²) in [6, 6.07) is 11.8. The van der Waals surface area contributed by atoms with E-state index in [4.69, 9.17) is 4.74 Å². The largest absolute Gasteiger partial charge is 0.374 e. The molecule has 3 rings (SSSR count). The molecule has 2 aromatic carbocycles. The lowest BCUT2D eigenvalue weighted by atomic mass is 10.2. The van der Waals surface area contributed by atoms with Crippen LogP contribution in [-0.4, -0.2) is 26.5 Å². The highest BCUT2D eigenvalue weighted by molar-refractivity contribution is 9.10. The van der Waals surface area contributed by atoms with Crippen molar-refractivity contribution in [2.75, 3.05) is 5.32 Å². The minimum Gasteiger partial charge on any atom is -0.374 e. The molecule has 8 heteroatoms. The van der Waals surface area contributed by atoms with Crippen LogP contribution < -0.4 is 10.0 Å². The van der Waals surface area contributed by atoms with E-state index < -0.39 is 15.9 Å². The lowest BCUT2D eigenvalue weighted by Gasteiger charge is -2.12. The zero-order valence-electron chi connectivity index (χ0n) is 15.7. The zero-order chi connectivity index (χ0) is 20.3. The highest BCUT2D eigenvalue weighted by atomic mass is 79.9. The SMILES string of the molecule is CC(C)OCc1cccc(NC(=O)c2cc(S(=O)(=O)NC3CC3)ccc2Br)c1. The van der Waals surface area contributed by atoms with Gasteiger partial charge in [-0.15, -0.1) is 0 Å². The number of carbonyl (C=O) groups excluding carboxylic acids is 1. The Hall–Kier alpha value is -1.74. The lowest BCUT2D eigenvalue weighted by Crippen LogP contribution is -2.26. The van der Waals surface area contributed by atoms with Gasteiger partial charge in [-0.2, -0.15) is 0 Å². The fourth-order valence-corrected chi connectivity index (χ4v) is 4.29. The maximum Gasteiger partial charge on any atom is 0.256 e. The van der Waals surface area contributed by atoms with Crippen molar-refractivity contribution in [3.8, 4) is 0 Å². The third kappa shape index (κ3) is 5.64. The van der Waals surface area contributed by atoms with Gasteiger partial charge in [0.25, 0.3) is 5.91 Å². The minimum atomic E-state index is -3.63. The van der Waals surface area contributed by atoms with Crippen LogP contribution >= 0.6 is 15.9 Å². The Labute approximate surface area is 173 Å². The Kier molecular flexibility index (Phi) is 6.54. The average Bonchev–Trinajstić information content (AvgIpc) is 3.43. The molecule has 0 radical (unpaired) electrons. The van der Waals surface area contributed by atoms with E-state index in [9.17, 15) is 13.2 Å². The Morgan fingerprint density at radius 2 is 1.96 bits per heavy atom. The van der Waals surface area contributed by atoms with E-state index in [2.05, 4.69) is 26.0 Å². The third-order valence-corrected chi connectivity index (χ3v) is 6.37. The summed E-state index contributed by atoms with van der Waals surface area (Å²) in [5.74, 6) is -0.391. The van der Waals surface area contributed by atoms with Crippen LogP contribution in [0.2, 0.25) is 0 Å². The highest BCUT2D eigenvalue weighted by Crippen LogP contribution is 2.26. The number of rotatable bonds is 8. The van der Waals surface area contributed by atoms with Crippen LogP contribution in [0.1, 0.15) is 42.6 Å². The van der Waals surface area contributed by atoms with Crippen LogP contribution in [0.3, 0.4) is 0 Å². The van der Waals surface area contributed by atoms with Crippen molar-refractivity contribution in [3.63, 3.8) is 0 Å². The summed E-state index contributed by atoms with van der Waals surface area (Å²) in [7, 11) is -3.63. The number of benzene rings is 2. The van der Waals surface area contributed by atoms with Crippen molar-refractivity contribution >= 4 is 37.5 Å². The molecule has 0 heterocycles. The van der Waals surface area contributed by atoms with Gasteiger partial charge in [0.05, 0.1) is 23.2 Å². The van der Waals surface area contributed by atoms with E-state index in [0.29, 0.717) is 16.8 Å². The molecular weight excluding hydrogens is 444 g/mol. The Bertz CT molecular complexity index is 972. The quantitative estimate of drug-likeness (QED) is 0.613. The molecule has 6 nitrogen and oxygen atoms in total. The molecule has 28 heavy (non-hydrogen) atoms. The second-order valence-electron chi connectivity index (χ2n) is 7.05. The topological polar surface area (TPSA) is 84.5 Å². The molecule has 0 saturated heterocycles. The fraction of sp³-hybridized carbons (Fsp3) is 0.350. The van der Waals surface area contributed by atoms with E-state index in [1.165, 1.54) is 12.1 Å². The first-order chi connectivity index (χ1) is 13.2. The van der Waals surface area contributed by atoms with Gasteiger partial charge in [-0.1, -0.05) is 12.1 Å². The number of carbonyl (C=O) groups is 1. The van der Waals surface area contributed by atoms with Crippen molar-refractivity contribution in [2.45, 2.75) is 50.3 Å². The van der Waals surface area contributed by atoms with Crippen LogP contribution in [0.25, 0.3) is 0 Å². The molecule has 0 unspecified atom stereocenters. The number of hydrogen-bond donors (Lipinski definition) is 2. The smallest absolute Gasteiger partial charge is 0.256 e. The van der Waals surface area contributed by atoms with Crippen LogP contribution in [0.4, 0.5) is 5.69 Å². The maximum absolute atomic E-state index is 12.7. The second-order valence-corrected chi connectivity index (χ2v) is 9.62. The molecule has 1 saturated carbocycles. The fourth-order valence-electron chi connectivity index (χ4n) is 2.53. The van der Waals surface area contributed by atoms with E-state index in [1.54, 1.807) is 12.1 Å². The molecule has 1 aliphatic carbocycles. The predicted octanol–water partition coefficient (Wildman–Crippen LogP) is 4.07. The summed E-state index contributed by atoms with van der Waals surface area (Å²) in [6.45, 7) is 4.37. The van der Waals surface area contributed by atoms with Gasteiger partial charge in [0.1, 0.15) is 0 Å². The van der Waals surface area contributed by atoms with E-state index in [1.807, 2.05) is 32.0 Å². The van der Waals surface area contributed by atoms with E-state index in [0.717, 1.165) is 18.4 Å². The maximum atomic E-state index is 12.7. The molecule has 1 fully saturated rings. The van der Waals surface area contributed by atoms with Gasteiger partial charge in [0.2, 0.25) is 10.0 Å². The molecule has 0 atom stereocenters. The van der Waals surface area contributed by atoms with Crippen LogP contribution in [0.5, 0.6) is 0 Å². The minimum absolute atomic E-state index is 0.00159. The summed E-state index contributed by atoms with van der Waals surface area (Å²) in [6.07, 6.45) is 1.81. The number of nitrogens with one attached hydrogen (secondary N) is 2. The van der Waals surface area contributed by atoms with Gasteiger partial charge in [-0.05, 0) is 78.5 Å². The molecule has 1 amide bonds. The molecule has 2 N–H and O–H groups in total. The molecule has 1 aliphatic rings. The Morgan fingerprint density at radius 3 is 2.64 bits per heavy atom. The molecule has 0 aliphatic heterocycles. The van der Waals surface area contributed by atoms with Gasteiger partial charge in [-0.25, -0.2) is 13.1 Å². The van der Waals surface area contributed by atoms with Gasteiger partial charge < -0.3 is 10.1 Å². The van der Waals surface area contributed by atoms with Crippen molar-refractivity contribution < 1.29 is 17.9 Å². The number of sulfonamides is 1. The second kappa shape index (κ2) is 8.73. The number of anilines is 1. The summed E-state index contributed by atoms with van der Waals surface area (Å²) in [5, 5.41) is 2.82. The number of amides is 1. The number of ether oxygens (including phenoxy) is 1. The van der Waals surface area contributed by atoms with Gasteiger partial charge >= 0.3 is 0 Å². The number of halogens is 1. The van der Waals surface area contributed by atoms with Crippen molar-refractivity contribution in [3.05, 3.63) is 58.1 Å². The first-order valence-corrected chi connectivity index (χ1v) is 11.4. The first-order valence-electron chi connectivity index (χ1n) is 9.08.